The van der Waals surface area contributed by atoms with Crippen molar-refractivity contribution in [2.24, 2.45) is 0 Å². The van der Waals surface area contributed by atoms with Crippen molar-refractivity contribution in [3.8, 4) is 0 Å². The van der Waals surface area contributed by atoms with E-state index in [1.165, 1.54) is 12.1 Å². The van der Waals surface area contributed by atoms with E-state index in [4.69, 9.17) is 0 Å². The number of carbonyl (C=O) groups excluding carboxylic acids is 2. The number of nitrogens with one attached hydrogen (secondary N) is 2. The molecule has 2 amide bonds. The molecule has 27 heavy (non-hydrogen) atoms. The average molecular weight is 368 g/mol. The maximum Gasteiger partial charge on any atom is 0.274 e. The van der Waals surface area contributed by atoms with Crippen LogP contribution in [0, 0.1) is 17.0 Å². The molecule has 0 saturated carbocycles. The number of nitro groups is 1. The summed E-state index contributed by atoms with van der Waals surface area (Å²) in [7, 11) is 0. The van der Waals surface area contributed by atoms with Crippen molar-refractivity contribution in [2.75, 3.05) is 28.6 Å². The Morgan fingerprint density at radius 2 is 1.96 bits per heavy atom. The van der Waals surface area contributed by atoms with Crippen LogP contribution in [0.2, 0.25) is 0 Å². The number of amides is 2. The van der Waals surface area contributed by atoms with E-state index >= 15 is 0 Å². The molecule has 8 nitrogen and oxygen atoms in total. The molecule has 0 unspecified atom stereocenters. The first-order chi connectivity index (χ1) is 13.0. The van der Waals surface area contributed by atoms with Gasteiger partial charge in [-0.05, 0) is 43.7 Å². The minimum absolute atomic E-state index is 0.0180. The molecule has 0 radical (unpaired) electrons. The highest BCUT2D eigenvalue weighted by Gasteiger charge is 2.21. The number of anilines is 3. The second kappa shape index (κ2) is 7.86. The van der Waals surface area contributed by atoms with Gasteiger partial charge in [0.25, 0.3) is 5.69 Å². The van der Waals surface area contributed by atoms with Crippen LogP contribution >= 0.6 is 0 Å². The molecule has 0 atom stereocenters. The summed E-state index contributed by atoms with van der Waals surface area (Å²) in [4.78, 5) is 36.1. The van der Waals surface area contributed by atoms with Gasteiger partial charge in [0.05, 0.1) is 22.7 Å². The average Bonchev–Trinajstić information content (AvgIpc) is 3.08. The number of rotatable bonds is 6. The second-order valence-electron chi connectivity index (χ2n) is 6.30. The monoisotopic (exact) mass is 368 g/mol. The summed E-state index contributed by atoms with van der Waals surface area (Å²) in [6.45, 7) is 2.35. The third-order valence-electron chi connectivity index (χ3n) is 4.48. The van der Waals surface area contributed by atoms with Gasteiger partial charge in [0.2, 0.25) is 11.8 Å². The van der Waals surface area contributed by atoms with Crippen LogP contribution in [0.15, 0.2) is 42.5 Å². The fourth-order valence-electron chi connectivity index (χ4n) is 3.01. The largest absolute Gasteiger partial charge is 0.376 e. The van der Waals surface area contributed by atoms with Crippen molar-refractivity contribution in [3.05, 3.63) is 58.1 Å². The smallest absolute Gasteiger partial charge is 0.274 e. The van der Waals surface area contributed by atoms with E-state index in [9.17, 15) is 19.7 Å². The van der Waals surface area contributed by atoms with Crippen LogP contribution in [0.25, 0.3) is 0 Å². The highest BCUT2D eigenvalue weighted by Crippen LogP contribution is 2.25. The van der Waals surface area contributed by atoms with Gasteiger partial charge in [0.15, 0.2) is 0 Å². The minimum Gasteiger partial charge on any atom is -0.376 e. The van der Waals surface area contributed by atoms with Crippen LogP contribution in [0.1, 0.15) is 18.4 Å². The number of carbonyl (C=O) groups is 2. The van der Waals surface area contributed by atoms with E-state index < -0.39 is 4.92 Å². The van der Waals surface area contributed by atoms with Crippen LogP contribution in [-0.4, -0.2) is 29.8 Å². The summed E-state index contributed by atoms with van der Waals surface area (Å²) in [5, 5.41) is 16.6. The number of nitrogens with zero attached hydrogens (tertiary/aromatic N) is 2. The molecule has 8 heteroatoms. The summed E-state index contributed by atoms with van der Waals surface area (Å²) in [6, 6.07) is 11.9. The number of hydrogen-bond acceptors (Lipinski definition) is 5. The van der Waals surface area contributed by atoms with Gasteiger partial charge in [-0.25, -0.2) is 0 Å². The zero-order valence-electron chi connectivity index (χ0n) is 14.9. The molecule has 1 saturated heterocycles. The predicted octanol–water partition coefficient (Wildman–Crippen LogP) is 3.08. The molecule has 1 aliphatic rings. The molecule has 2 aromatic rings. The molecule has 1 aliphatic heterocycles. The minimum atomic E-state index is -0.476. The lowest BCUT2D eigenvalue weighted by molar-refractivity contribution is -0.385. The molecule has 0 aliphatic carbocycles. The van der Waals surface area contributed by atoms with Crippen molar-refractivity contribution in [2.45, 2.75) is 19.8 Å². The topological polar surface area (TPSA) is 105 Å². The van der Waals surface area contributed by atoms with Gasteiger partial charge in [0, 0.05) is 30.4 Å². The summed E-state index contributed by atoms with van der Waals surface area (Å²) < 4.78 is 0. The van der Waals surface area contributed by atoms with Crippen molar-refractivity contribution >= 4 is 34.6 Å². The predicted molar refractivity (Wildman–Crippen MR) is 103 cm³/mol. The van der Waals surface area contributed by atoms with Gasteiger partial charge in [-0.3, -0.25) is 19.7 Å². The summed E-state index contributed by atoms with van der Waals surface area (Å²) in [6.07, 6.45) is 1.45. The third kappa shape index (κ3) is 4.22. The van der Waals surface area contributed by atoms with Crippen LogP contribution in [0.5, 0.6) is 0 Å². The maximum atomic E-state index is 12.1. The molecule has 2 aromatic carbocycles. The quantitative estimate of drug-likeness (QED) is 0.602. The highest BCUT2D eigenvalue weighted by atomic mass is 16.6. The van der Waals surface area contributed by atoms with Gasteiger partial charge >= 0.3 is 0 Å². The number of nitro benzene ring substituents is 1. The lowest BCUT2D eigenvalue weighted by Crippen LogP contribution is -2.24. The summed E-state index contributed by atoms with van der Waals surface area (Å²) >= 11 is 0. The van der Waals surface area contributed by atoms with E-state index in [0.29, 0.717) is 17.7 Å². The molecule has 3 rings (SSSR count). The molecule has 0 spiro atoms. The first-order valence-electron chi connectivity index (χ1n) is 8.64. The van der Waals surface area contributed by atoms with E-state index in [1.54, 1.807) is 17.9 Å². The van der Waals surface area contributed by atoms with Crippen molar-refractivity contribution in [3.63, 3.8) is 0 Å². The van der Waals surface area contributed by atoms with Gasteiger partial charge in [0.1, 0.15) is 0 Å². The van der Waals surface area contributed by atoms with Crippen LogP contribution < -0.4 is 15.5 Å². The first kappa shape index (κ1) is 18.4. The standard InChI is InChI=1S/C19H20N4O4/c1-13-16(4-2-5-17(13)23(26)27)21-18(24)12-20-14-7-9-15(10-8-14)22-11-3-6-19(22)25/h2,4-5,7-10,20H,3,6,11-12H2,1H3,(H,21,24). The zero-order valence-corrected chi connectivity index (χ0v) is 14.9. The molecular formula is C19H20N4O4. The van der Waals surface area contributed by atoms with Crippen molar-refractivity contribution < 1.29 is 14.5 Å². The fraction of sp³-hybridized carbons (Fsp3) is 0.263. The number of benzene rings is 2. The summed E-state index contributed by atoms with van der Waals surface area (Å²) in [5.74, 6) is -0.181. The van der Waals surface area contributed by atoms with Gasteiger partial charge in [-0.2, -0.15) is 0 Å². The summed E-state index contributed by atoms with van der Waals surface area (Å²) in [5.41, 5.74) is 2.39. The maximum absolute atomic E-state index is 12.1. The van der Waals surface area contributed by atoms with Gasteiger partial charge in [-0.15, -0.1) is 0 Å². The Morgan fingerprint density at radius 3 is 2.59 bits per heavy atom. The lowest BCUT2D eigenvalue weighted by atomic mass is 10.1. The Labute approximate surface area is 156 Å². The molecule has 0 bridgehead atoms. The third-order valence-corrected chi connectivity index (χ3v) is 4.48. The molecule has 1 fully saturated rings. The van der Waals surface area contributed by atoms with Crippen LogP contribution in [0.3, 0.4) is 0 Å². The molecular weight excluding hydrogens is 348 g/mol. The van der Waals surface area contributed by atoms with Gasteiger partial charge < -0.3 is 15.5 Å². The Hall–Kier alpha value is -3.42. The first-order valence-corrected chi connectivity index (χ1v) is 8.64. The van der Waals surface area contributed by atoms with Crippen LogP contribution in [-0.2, 0) is 9.59 Å². The van der Waals surface area contributed by atoms with E-state index in [1.807, 2.05) is 24.3 Å². The molecule has 1 heterocycles. The normalized spacial score (nSPS) is 13.5. The highest BCUT2D eigenvalue weighted by molar-refractivity contribution is 5.96. The SMILES string of the molecule is Cc1c(NC(=O)CNc2ccc(N3CCCC3=O)cc2)cccc1[N+](=O)[O-]. The van der Waals surface area contributed by atoms with Crippen molar-refractivity contribution in [1.82, 2.24) is 0 Å². The Morgan fingerprint density at radius 1 is 1.22 bits per heavy atom. The molecule has 0 aromatic heterocycles. The van der Waals surface area contributed by atoms with E-state index in [-0.39, 0.29) is 24.0 Å². The van der Waals surface area contributed by atoms with Gasteiger partial charge in [-0.1, -0.05) is 6.07 Å². The molecule has 140 valence electrons. The Kier molecular flexibility index (Phi) is 5.35. The van der Waals surface area contributed by atoms with Crippen LogP contribution in [0.4, 0.5) is 22.7 Å². The lowest BCUT2D eigenvalue weighted by Gasteiger charge is -2.16. The Balaban J connectivity index is 1.57. The van der Waals surface area contributed by atoms with E-state index in [2.05, 4.69) is 10.6 Å². The number of hydrogen-bond donors (Lipinski definition) is 2. The Bertz CT molecular complexity index is 880. The fourth-order valence-corrected chi connectivity index (χ4v) is 3.01. The second-order valence-corrected chi connectivity index (χ2v) is 6.30. The van der Waals surface area contributed by atoms with E-state index in [0.717, 1.165) is 24.3 Å². The molecule has 2 N–H and O–H groups in total. The zero-order chi connectivity index (χ0) is 19.4. The van der Waals surface area contributed by atoms with Crippen molar-refractivity contribution in [1.29, 1.82) is 0 Å².